The topological polar surface area (TPSA) is 29.5 Å². The maximum absolute atomic E-state index is 6.72. The van der Waals surface area contributed by atoms with Gasteiger partial charge in [0, 0.05) is 33.1 Å². The van der Waals surface area contributed by atoms with E-state index in [0.717, 1.165) is 83.2 Å². The fourth-order valence-corrected chi connectivity index (χ4v) is 8.12. The number of fused-ring (bicyclic) bond motifs is 9. The molecule has 3 nitrogen and oxygen atoms in total. The molecule has 2 heterocycles. The Hall–Kier alpha value is -7.10. The maximum Gasteiger partial charge on any atom is 0.145 e. The molecule has 0 N–H and O–H groups in total. The first-order chi connectivity index (χ1) is 26.3. The molecular formula is C50H31NO2. The van der Waals surface area contributed by atoms with Gasteiger partial charge in [0.2, 0.25) is 0 Å². The minimum atomic E-state index is 0.870. The molecule has 0 fully saturated rings. The molecule has 9 aromatic carbocycles. The summed E-state index contributed by atoms with van der Waals surface area (Å²) in [6, 6.07) is 66.8. The van der Waals surface area contributed by atoms with Crippen LogP contribution in [0.1, 0.15) is 0 Å². The highest BCUT2D eigenvalue weighted by molar-refractivity contribution is 6.17. The highest BCUT2D eigenvalue weighted by atomic mass is 16.3. The number of anilines is 3. The number of rotatable bonds is 5. The molecule has 0 bridgehead atoms. The Balaban J connectivity index is 1.12. The van der Waals surface area contributed by atoms with E-state index in [2.05, 4.69) is 175 Å². The Morgan fingerprint density at radius 1 is 0.340 bits per heavy atom. The molecule has 0 saturated heterocycles. The molecule has 0 saturated carbocycles. The summed E-state index contributed by atoms with van der Waals surface area (Å²) >= 11 is 0. The first-order valence-corrected chi connectivity index (χ1v) is 18.0. The van der Waals surface area contributed by atoms with Crippen molar-refractivity contribution in [3.05, 3.63) is 188 Å². The molecule has 0 radical (unpaired) electrons. The van der Waals surface area contributed by atoms with Crippen LogP contribution >= 0.6 is 0 Å². The van der Waals surface area contributed by atoms with E-state index in [-0.39, 0.29) is 0 Å². The van der Waals surface area contributed by atoms with E-state index in [1.807, 2.05) is 18.2 Å². The zero-order valence-electron chi connectivity index (χ0n) is 28.7. The minimum Gasteiger partial charge on any atom is -0.456 e. The van der Waals surface area contributed by atoms with Crippen LogP contribution in [0.15, 0.2) is 197 Å². The number of benzene rings is 9. The van der Waals surface area contributed by atoms with Crippen LogP contribution in [-0.2, 0) is 0 Å². The van der Waals surface area contributed by atoms with Gasteiger partial charge in [-0.15, -0.1) is 0 Å². The van der Waals surface area contributed by atoms with E-state index < -0.39 is 0 Å². The Morgan fingerprint density at radius 2 is 0.981 bits per heavy atom. The van der Waals surface area contributed by atoms with Crippen LogP contribution in [0.5, 0.6) is 0 Å². The van der Waals surface area contributed by atoms with E-state index in [9.17, 15) is 0 Å². The molecule has 0 atom stereocenters. The lowest BCUT2D eigenvalue weighted by molar-refractivity contribution is 0.669. The van der Waals surface area contributed by atoms with Crippen molar-refractivity contribution in [2.75, 3.05) is 4.90 Å². The second kappa shape index (κ2) is 11.7. The monoisotopic (exact) mass is 677 g/mol. The molecule has 248 valence electrons. The Bertz CT molecular complexity index is 3170. The number of furan rings is 2. The fourth-order valence-electron chi connectivity index (χ4n) is 8.12. The molecule has 0 spiro atoms. The predicted molar refractivity (Wildman–Crippen MR) is 222 cm³/mol. The van der Waals surface area contributed by atoms with Gasteiger partial charge in [0.05, 0.1) is 11.1 Å². The first-order valence-electron chi connectivity index (χ1n) is 18.0. The van der Waals surface area contributed by atoms with E-state index in [1.54, 1.807) is 0 Å². The van der Waals surface area contributed by atoms with Crippen LogP contribution < -0.4 is 4.90 Å². The summed E-state index contributed by atoms with van der Waals surface area (Å²) in [6.45, 7) is 0. The standard InChI is InChI=1S/C50H31NO2/c1-2-10-33(11-3-1)41-27-28-45(49-43-15-7-9-17-47(43)53-50(41)49)51(38-25-26-40-36(30-38)19-18-34-12-4-5-13-39(34)40)37-23-20-32(21-24-37)35-22-29-48-44(31-35)42-14-6-8-16-46(42)52-48/h1-31H. The average molecular weight is 678 g/mol. The van der Waals surface area contributed by atoms with Gasteiger partial charge in [0.25, 0.3) is 0 Å². The van der Waals surface area contributed by atoms with Crippen molar-refractivity contribution in [3.63, 3.8) is 0 Å². The number of para-hydroxylation sites is 2. The van der Waals surface area contributed by atoms with Gasteiger partial charge in [-0.05, 0) is 98.9 Å². The number of nitrogens with zero attached hydrogens (tertiary/aromatic N) is 1. The molecule has 11 rings (SSSR count). The van der Waals surface area contributed by atoms with Gasteiger partial charge in [0.1, 0.15) is 22.3 Å². The smallest absolute Gasteiger partial charge is 0.145 e. The van der Waals surface area contributed by atoms with E-state index in [4.69, 9.17) is 8.83 Å². The van der Waals surface area contributed by atoms with Crippen molar-refractivity contribution in [1.82, 2.24) is 0 Å². The second-order valence-corrected chi connectivity index (χ2v) is 13.7. The van der Waals surface area contributed by atoms with Gasteiger partial charge >= 0.3 is 0 Å². The fraction of sp³-hybridized carbons (Fsp3) is 0. The lowest BCUT2D eigenvalue weighted by atomic mass is 9.98. The summed E-state index contributed by atoms with van der Waals surface area (Å²) in [4.78, 5) is 2.38. The first kappa shape index (κ1) is 29.6. The molecule has 0 unspecified atom stereocenters. The van der Waals surface area contributed by atoms with Gasteiger partial charge in [-0.25, -0.2) is 0 Å². The zero-order valence-corrected chi connectivity index (χ0v) is 28.7. The molecular weight excluding hydrogens is 647 g/mol. The van der Waals surface area contributed by atoms with E-state index in [1.165, 1.54) is 21.5 Å². The third-order valence-electron chi connectivity index (χ3n) is 10.7. The Morgan fingerprint density at radius 3 is 1.83 bits per heavy atom. The van der Waals surface area contributed by atoms with Crippen LogP contribution in [-0.4, -0.2) is 0 Å². The average Bonchev–Trinajstić information content (AvgIpc) is 3.80. The molecule has 11 aromatic rings. The molecule has 3 heteroatoms. The third kappa shape index (κ3) is 4.75. The lowest BCUT2D eigenvalue weighted by Gasteiger charge is -2.27. The highest BCUT2D eigenvalue weighted by Gasteiger charge is 2.22. The van der Waals surface area contributed by atoms with Crippen LogP contribution in [0.3, 0.4) is 0 Å². The molecule has 0 amide bonds. The second-order valence-electron chi connectivity index (χ2n) is 13.7. The van der Waals surface area contributed by atoms with Crippen molar-refractivity contribution in [2.24, 2.45) is 0 Å². The Labute approximate surface area is 305 Å². The van der Waals surface area contributed by atoms with Gasteiger partial charge in [-0.3, -0.25) is 0 Å². The molecule has 0 aliphatic heterocycles. The molecule has 2 aromatic heterocycles. The quantitative estimate of drug-likeness (QED) is 0.170. The van der Waals surface area contributed by atoms with E-state index in [0.29, 0.717) is 0 Å². The van der Waals surface area contributed by atoms with Gasteiger partial charge < -0.3 is 13.7 Å². The van der Waals surface area contributed by atoms with Crippen molar-refractivity contribution in [3.8, 4) is 22.3 Å². The van der Waals surface area contributed by atoms with Gasteiger partial charge in [-0.2, -0.15) is 0 Å². The van der Waals surface area contributed by atoms with Crippen LogP contribution in [0.4, 0.5) is 17.1 Å². The van der Waals surface area contributed by atoms with Crippen LogP contribution in [0.2, 0.25) is 0 Å². The zero-order chi connectivity index (χ0) is 34.9. The highest BCUT2D eigenvalue weighted by Crippen LogP contribution is 2.47. The summed E-state index contributed by atoms with van der Waals surface area (Å²) in [5.74, 6) is 0. The molecule has 0 aliphatic carbocycles. The number of hydrogen-bond acceptors (Lipinski definition) is 3. The summed E-state index contributed by atoms with van der Waals surface area (Å²) < 4.78 is 12.8. The number of hydrogen-bond donors (Lipinski definition) is 0. The van der Waals surface area contributed by atoms with Crippen molar-refractivity contribution >= 4 is 82.5 Å². The minimum absolute atomic E-state index is 0.870. The summed E-state index contributed by atoms with van der Waals surface area (Å²) in [6.07, 6.45) is 0. The summed E-state index contributed by atoms with van der Waals surface area (Å²) in [7, 11) is 0. The SMILES string of the molecule is c1ccc(-c2ccc(N(c3ccc(-c4ccc5oc6ccccc6c5c4)cc3)c3ccc4c(ccc5ccccc54)c3)c3c2oc2ccccc23)cc1. The Kier molecular flexibility index (Phi) is 6.55. The van der Waals surface area contributed by atoms with Crippen LogP contribution in [0, 0.1) is 0 Å². The van der Waals surface area contributed by atoms with Crippen LogP contribution in [0.25, 0.3) is 87.7 Å². The van der Waals surface area contributed by atoms with Crippen molar-refractivity contribution in [2.45, 2.75) is 0 Å². The molecule has 53 heavy (non-hydrogen) atoms. The van der Waals surface area contributed by atoms with Crippen molar-refractivity contribution < 1.29 is 8.83 Å². The predicted octanol–water partition coefficient (Wildman–Crippen LogP) is 14.6. The lowest BCUT2D eigenvalue weighted by Crippen LogP contribution is -2.10. The van der Waals surface area contributed by atoms with Gasteiger partial charge in [0.15, 0.2) is 0 Å². The normalized spacial score (nSPS) is 11.8. The molecule has 0 aliphatic rings. The van der Waals surface area contributed by atoms with E-state index >= 15 is 0 Å². The van der Waals surface area contributed by atoms with Gasteiger partial charge in [-0.1, -0.05) is 127 Å². The maximum atomic E-state index is 6.72. The summed E-state index contributed by atoms with van der Waals surface area (Å²) in [5.41, 5.74) is 11.2. The summed E-state index contributed by atoms with van der Waals surface area (Å²) in [5, 5.41) is 9.36. The third-order valence-corrected chi connectivity index (χ3v) is 10.7. The largest absolute Gasteiger partial charge is 0.456 e. The van der Waals surface area contributed by atoms with Crippen molar-refractivity contribution in [1.29, 1.82) is 0 Å².